The smallest absolute Gasteiger partial charge is 0.306 e. The zero-order chi connectivity index (χ0) is 19.1. The minimum atomic E-state index is -0.406. The molecule has 2 fully saturated rings. The van der Waals surface area contributed by atoms with E-state index < -0.39 is 6.10 Å². The molecule has 6 heteroatoms. The summed E-state index contributed by atoms with van der Waals surface area (Å²) in [6.07, 6.45) is 1.87. The van der Waals surface area contributed by atoms with Gasteiger partial charge in [0, 0.05) is 36.8 Å². The number of hydrogen-bond donors (Lipinski definition) is 0. The molecule has 1 aromatic carbocycles. The normalized spacial score (nSPS) is 40.4. The van der Waals surface area contributed by atoms with Crippen molar-refractivity contribution in [3.05, 3.63) is 23.3 Å². The van der Waals surface area contributed by atoms with Crippen LogP contribution in [0.3, 0.4) is 0 Å². The molecule has 6 nitrogen and oxygen atoms in total. The number of esters is 1. The van der Waals surface area contributed by atoms with Gasteiger partial charge in [0.05, 0.1) is 25.6 Å². The first kappa shape index (κ1) is 17.0. The van der Waals surface area contributed by atoms with Crippen LogP contribution in [-0.4, -0.2) is 49.3 Å². The summed E-state index contributed by atoms with van der Waals surface area (Å²) in [7, 11) is 3.83. The van der Waals surface area contributed by atoms with E-state index in [0.717, 1.165) is 18.6 Å². The minimum Gasteiger partial charge on any atom is -0.493 e. The number of hydrogen-bond acceptors (Lipinski definition) is 5. The van der Waals surface area contributed by atoms with Crippen LogP contribution in [0.5, 0.6) is 11.5 Å². The lowest BCUT2D eigenvalue weighted by Crippen LogP contribution is -2.67. The molecule has 5 rings (SSSR count). The SMILES string of the molecule is COc1ccc2c3c1OC1C(=O)CCC4C(C)[N+](C)(COC(C)=O)C2CC314. The topological polar surface area (TPSA) is 61.8 Å². The molecule has 6 unspecified atom stereocenters. The highest BCUT2D eigenvalue weighted by atomic mass is 16.5. The Morgan fingerprint density at radius 3 is 2.89 bits per heavy atom. The highest BCUT2D eigenvalue weighted by molar-refractivity contribution is 5.89. The summed E-state index contributed by atoms with van der Waals surface area (Å²) in [5, 5.41) is 0. The molecule has 0 radical (unpaired) electrons. The van der Waals surface area contributed by atoms with Crippen LogP contribution in [0, 0.1) is 5.92 Å². The van der Waals surface area contributed by atoms with E-state index in [4.69, 9.17) is 14.2 Å². The van der Waals surface area contributed by atoms with E-state index in [1.807, 2.05) is 6.07 Å². The quantitative estimate of drug-likeness (QED) is 0.603. The lowest BCUT2D eigenvalue weighted by atomic mass is 9.57. The summed E-state index contributed by atoms with van der Waals surface area (Å²) >= 11 is 0. The molecule has 1 spiro atoms. The van der Waals surface area contributed by atoms with Crippen molar-refractivity contribution in [2.45, 2.75) is 56.7 Å². The molecule has 0 amide bonds. The van der Waals surface area contributed by atoms with Crippen LogP contribution in [0.15, 0.2) is 12.1 Å². The minimum absolute atomic E-state index is 0.188. The molecule has 2 heterocycles. The first-order chi connectivity index (χ1) is 12.8. The third kappa shape index (κ3) is 1.85. The van der Waals surface area contributed by atoms with Crippen LogP contribution < -0.4 is 9.47 Å². The first-order valence-corrected chi connectivity index (χ1v) is 9.73. The molecule has 6 atom stereocenters. The van der Waals surface area contributed by atoms with Crippen LogP contribution in [0.25, 0.3) is 0 Å². The molecule has 1 aromatic rings. The number of benzene rings is 1. The number of nitrogens with zero attached hydrogens (tertiary/aromatic N) is 1. The maximum atomic E-state index is 12.9. The fourth-order valence-corrected chi connectivity index (χ4v) is 6.51. The van der Waals surface area contributed by atoms with Crippen molar-refractivity contribution in [1.29, 1.82) is 0 Å². The lowest BCUT2D eigenvalue weighted by Gasteiger charge is -2.56. The number of carbonyl (C=O) groups excluding carboxylic acids is 2. The van der Waals surface area contributed by atoms with E-state index in [2.05, 4.69) is 20.0 Å². The number of ether oxygens (including phenoxy) is 3. The Hall–Kier alpha value is -2.08. The Balaban J connectivity index is 1.73. The van der Waals surface area contributed by atoms with Crippen molar-refractivity contribution >= 4 is 11.8 Å². The summed E-state index contributed by atoms with van der Waals surface area (Å²) in [6, 6.07) is 4.52. The Morgan fingerprint density at radius 2 is 2.19 bits per heavy atom. The molecular formula is C21H26NO5+. The van der Waals surface area contributed by atoms with Gasteiger partial charge in [-0.1, -0.05) is 0 Å². The van der Waals surface area contributed by atoms with Gasteiger partial charge >= 0.3 is 5.97 Å². The first-order valence-electron chi connectivity index (χ1n) is 9.73. The van der Waals surface area contributed by atoms with Crippen molar-refractivity contribution < 1.29 is 28.3 Å². The summed E-state index contributed by atoms with van der Waals surface area (Å²) in [5.74, 6) is 1.74. The van der Waals surface area contributed by atoms with Crippen LogP contribution >= 0.6 is 0 Å². The second kappa shape index (κ2) is 5.25. The van der Waals surface area contributed by atoms with Crippen LogP contribution in [-0.2, 0) is 19.7 Å². The molecule has 0 aromatic heterocycles. The summed E-state index contributed by atoms with van der Waals surface area (Å²) in [6.45, 7) is 4.06. The van der Waals surface area contributed by atoms with Crippen molar-refractivity contribution in [2.24, 2.45) is 5.92 Å². The van der Waals surface area contributed by atoms with Gasteiger partial charge in [0.15, 0.2) is 23.4 Å². The molecule has 2 bridgehead atoms. The molecule has 1 saturated heterocycles. The van der Waals surface area contributed by atoms with Crippen LogP contribution in [0.1, 0.15) is 50.3 Å². The van der Waals surface area contributed by atoms with E-state index in [-0.39, 0.29) is 29.3 Å². The Morgan fingerprint density at radius 1 is 1.41 bits per heavy atom. The highest BCUT2D eigenvalue weighted by Gasteiger charge is 2.73. The second-order valence-electron chi connectivity index (χ2n) is 8.78. The summed E-state index contributed by atoms with van der Waals surface area (Å²) < 4.78 is 18.0. The van der Waals surface area contributed by atoms with Crippen molar-refractivity contribution in [1.82, 2.24) is 0 Å². The molecular weight excluding hydrogens is 346 g/mol. The number of ketones is 1. The van der Waals surface area contributed by atoms with E-state index in [1.54, 1.807) is 7.11 Å². The molecule has 144 valence electrons. The largest absolute Gasteiger partial charge is 0.493 e. The Kier molecular flexibility index (Phi) is 3.32. The average Bonchev–Trinajstić information content (AvgIpc) is 3.15. The van der Waals surface area contributed by atoms with Gasteiger partial charge in [-0.05, 0) is 25.5 Å². The van der Waals surface area contributed by atoms with E-state index >= 15 is 0 Å². The van der Waals surface area contributed by atoms with Gasteiger partial charge in [-0.25, -0.2) is 0 Å². The molecule has 0 N–H and O–H groups in total. The monoisotopic (exact) mass is 372 g/mol. The number of fused-ring (bicyclic) bond motifs is 2. The number of methoxy groups -OCH3 is 1. The predicted molar refractivity (Wildman–Crippen MR) is 96.5 cm³/mol. The molecule has 4 aliphatic rings. The number of Topliss-reactive ketones (excluding diaryl/α,β-unsaturated/α-hetero) is 1. The maximum absolute atomic E-state index is 12.9. The van der Waals surface area contributed by atoms with Gasteiger partial charge in [0.1, 0.15) is 6.04 Å². The van der Waals surface area contributed by atoms with Gasteiger partial charge < -0.3 is 14.2 Å². The van der Waals surface area contributed by atoms with Gasteiger partial charge in [0.25, 0.3) is 0 Å². The molecule has 1 saturated carbocycles. The number of likely N-dealkylation sites (tertiary alicyclic amines) is 1. The van der Waals surface area contributed by atoms with Gasteiger partial charge in [-0.3, -0.25) is 14.1 Å². The fourth-order valence-electron chi connectivity index (χ4n) is 6.51. The average molecular weight is 372 g/mol. The van der Waals surface area contributed by atoms with E-state index in [0.29, 0.717) is 29.3 Å². The van der Waals surface area contributed by atoms with Crippen molar-refractivity contribution in [2.75, 3.05) is 20.9 Å². The van der Waals surface area contributed by atoms with E-state index in [1.165, 1.54) is 18.1 Å². The summed E-state index contributed by atoms with van der Waals surface area (Å²) in [4.78, 5) is 24.4. The van der Waals surface area contributed by atoms with Crippen molar-refractivity contribution in [3.8, 4) is 11.5 Å². The Bertz CT molecular complexity index is 866. The van der Waals surface area contributed by atoms with Crippen LogP contribution in [0.4, 0.5) is 0 Å². The van der Waals surface area contributed by atoms with Crippen LogP contribution in [0.2, 0.25) is 0 Å². The number of carbonyl (C=O) groups is 2. The van der Waals surface area contributed by atoms with Crippen molar-refractivity contribution in [3.63, 3.8) is 0 Å². The fraction of sp³-hybridized carbons (Fsp3) is 0.619. The molecule has 2 aliphatic heterocycles. The maximum Gasteiger partial charge on any atom is 0.306 e. The lowest BCUT2D eigenvalue weighted by molar-refractivity contribution is -0.983. The third-order valence-electron chi connectivity index (χ3n) is 7.86. The predicted octanol–water partition coefficient (Wildman–Crippen LogP) is 2.49. The zero-order valence-electron chi connectivity index (χ0n) is 16.3. The molecule has 27 heavy (non-hydrogen) atoms. The number of rotatable bonds is 3. The van der Waals surface area contributed by atoms with E-state index in [9.17, 15) is 9.59 Å². The number of piperidine rings is 1. The number of quaternary nitrogens is 1. The highest BCUT2D eigenvalue weighted by Crippen LogP contribution is 2.69. The molecule has 2 aliphatic carbocycles. The van der Waals surface area contributed by atoms with Gasteiger partial charge in [-0.2, -0.15) is 0 Å². The van der Waals surface area contributed by atoms with Gasteiger partial charge in [-0.15, -0.1) is 0 Å². The summed E-state index contributed by atoms with van der Waals surface area (Å²) in [5.41, 5.74) is 2.16. The zero-order valence-corrected chi connectivity index (χ0v) is 16.3. The standard InChI is InChI=1S/C21H26NO5/c1-11-14-6-7-16(24)20-21(14)9-15(22(11,3)10-26-12(2)23)13-5-8-17(25-4)19(27-20)18(13)21/h5,8,11,14-15,20H,6-7,9-10H2,1-4H3/q+1. The Labute approximate surface area is 159 Å². The van der Waals surface area contributed by atoms with Gasteiger partial charge in [0.2, 0.25) is 6.73 Å². The third-order valence-corrected chi connectivity index (χ3v) is 7.86. The second-order valence-corrected chi connectivity index (χ2v) is 8.78.